The van der Waals surface area contributed by atoms with Crippen LogP contribution in [0.15, 0.2) is 24.3 Å². The quantitative estimate of drug-likeness (QED) is 0.802. The van der Waals surface area contributed by atoms with E-state index in [4.69, 9.17) is 15.2 Å². The number of methoxy groups -OCH3 is 1. The summed E-state index contributed by atoms with van der Waals surface area (Å²) in [5.74, 6) is 0.873. The molecule has 16 heavy (non-hydrogen) atoms. The van der Waals surface area contributed by atoms with Crippen molar-refractivity contribution < 1.29 is 9.47 Å². The molecule has 2 atom stereocenters. The van der Waals surface area contributed by atoms with Gasteiger partial charge >= 0.3 is 0 Å². The van der Waals surface area contributed by atoms with Crippen molar-refractivity contribution in [2.75, 3.05) is 13.7 Å². The van der Waals surface area contributed by atoms with Gasteiger partial charge in [-0.2, -0.15) is 0 Å². The molecular formula is C13H21NO2. The summed E-state index contributed by atoms with van der Waals surface area (Å²) in [6.45, 7) is 4.59. The van der Waals surface area contributed by atoms with Crippen LogP contribution in [-0.4, -0.2) is 25.9 Å². The fourth-order valence-electron chi connectivity index (χ4n) is 1.58. The third kappa shape index (κ3) is 4.64. The Kier molecular flexibility index (Phi) is 5.29. The minimum atomic E-state index is 0.0734. The summed E-state index contributed by atoms with van der Waals surface area (Å²) in [5, 5.41) is 0. The normalized spacial score (nSPS) is 14.5. The smallest absolute Gasteiger partial charge is 0.119 e. The van der Waals surface area contributed by atoms with Crippen LogP contribution in [0.2, 0.25) is 0 Å². The number of hydrogen-bond donors (Lipinski definition) is 1. The molecule has 1 aromatic rings. The molecule has 3 heteroatoms. The molecule has 0 spiro atoms. The minimum Gasteiger partial charge on any atom is -0.488 e. The molecule has 0 aliphatic heterocycles. The summed E-state index contributed by atoms with van der Waals surface area (Å²) in [4.78, 5) is 0. The molecule has 0 aliphatic carbocycles. The molecular weight excluding hydrogens is 202 g/mol. The molecule has 2 unspecified atom stereocenters. The molecule has 1 aromatic carbocycles. The van der Waals surface area contributed by atoms with Crippen LogP contribution in [0.4, 0.5) is 0 Å². The van der Waals surface area contributed by atoms with E-state index in [0.717, 1.165) is 12.2 Å². The summed E-state index contributed by atoms with van der Waals surface area (Å²) in [6.07, 6.45) is 0.970. The zero-order valence-electron chi connectivity index (χ0n) is 10.3. The second kappa shape index (κ2) is 6.51. The lowest BCUT2D eigenvalue weighted by Gasteiger charge is -2.14. The molecule has 0 aliphatic rings. The Bertz CT molecular complexity index is 295. The van der Waals surface area contributed by atoms with E-state index < -0.39 is 0 Å². The molecule has 0 amide bonds. The Balaban J connectivity index is 2.50. The highest BCUT2D eigenvalue weighted by molar-refractivity contribution is 5.27. The first kappa shape index (κ1) is 13.0. The Morgan fingerprint density at radius 3 is 2.31 bits per heavy atom. The lowest BCUT2D eigenvalue weighted by molar-refractivity contribution is 0.0921. The van der Waals surface area contributed by atoms with Gasteiger partial charge in [-0.05, 0) is 38.0 Å². The van der Waals surface area contributed by atoms with E-state index in [-0.39, 0.29) is 12.1 Å². The molecule has 1 rings (SSSR count). The average Bonchev–Trinajstić information content (AvgIpc) is 2.20. The highest BCUT2D eigenvalue weighted by Crippen LogP contribution is 2.14. The van der Waals surface area contributed by atoms with Gasteiger partial charge in [-0.3, -0.25) is 0 Å². The summed E-state index contributed by atoms with van der Waals surface area (Å²) in [7, 11) is 1.67. The molecule has 90 valence electrons. The molecule has 0 saturated carbocycles. The third-order valence-electron chi connectivity index (χ3n) is 2.22. The Morgan fingerprint density at radius 1 is 1.19 bits per heavy atom. The van der Waals surface area contributed by atoms with Crippen molar-refractivity contribution in [2.24, 2.45) is 5.73 Å². The standard InChI is InChI=1S/C13H21NO2/c1-10(14)8-12-4-6-13(7-5-12)16-11(2)9-15-3/h4-7,10-11H,8-9,14H2,1-3H3. The summed E-state index contributed by atoms with van der Waals surface area (Å²) in [5.41, 5.74) is 6.97. The third-order valence-corrected chi connectivity index (χ3v) is 2.22. The summed E-state index contributed by atoms with van der Waals surface area (Å²) < 4.78 is 10.7. The lowest BCUT2D eigenvalue weighted by Crippen LogP contribution is -2.18. The summed E-state index contributed by atoms with van der Waals surface area (Å²) >= 11 is 0. The Hall–Kier alpha value is -1.06. The molecule has 0 aromatic heterocycles. The maximum absolute atomic E-state index is 5.73. The van der Waals surface area contributed by atoms with E-state index >= 15 is 0 Å². The first-order valence-corrected chi connectivity index (χ1v) is 5.62. The van der Waals surface area contributed by atoms with E-state index in [1.54, 1.807) is 7.11 Å². The molecule has 3 nitrogen and oxygen atoms in total. The Morgan fingerprint density at radius 2 is 1.81 bits per heavy atom. The summed E-state index contributed by atoms with van der Waals surface area (Å²) in [6, 6.07) is 8.25. The van der Waals surface area contributed by atoms with Gasteiger partial charge < -0.3 is 15.2 Å². The Labute approximate surface area is 97.6 Å². The van der Waals surface area contributed by atoms with Crippen molar-refractivity contribution in [3.63, 3.8) is 0 Å². The van der Waals surface area contributed by atoms with Crippen molar-refractivity contribution in [3.05, 3.63) is 29.8 Å². The number of hydrogen-bond acceptors (Lipinski definition) is 3. The van der Waals surface area contributed by atoms with Gasteiger partial charge in [0.1, 0.15) is 11.9 Å². The van der Waals surface area contributed by atoms with Gasteiger partial charge in [-0.15, -0.1) is 0 Å². The van der Waals surface area contributed by atoms with Crippen molar-refractivity contribution in [1.29, 1.82) is 0 Å². The second-order valence-electron chi connectivity index (χ2n) is 4.21. The van der Waals surface area contributed by atoms with E-state index in [1.165, 1.54) is 5.56 Å². The fourth-order valence-corrected chi connectivity index (χ4v) is 1.58. The van der Waals surface area contributed by atoms with E-state index in [0.29, 0.717) is 6.61 Å². The van der Waals surface area contributed by atoms with Gasteiger partial charge in [0.15, 0.2) is 0 Å². The van der Waals surface area contributed by atoms with Crippen molar-refractivity contribution >= 4 is 0 Å². The SMILES string of the molecule is COCC(C)Oc1ccc(CC(C)N)cc1. The van der Waals surface area contributed by atoms with Crippen LogP contribution in [0.3, 0.4) is 0 Å². The molecule has 0 radical (unpaired) electrons. The van der Waals surface area contributed by atoms with Crippen LogP contribution < -0.4 is 10.5 Å². The van der Waals surface area contributed by atoms with Crippen LogP contribution in [0.5, 0.6) is 5.75 Å². The monoisotopic (exact) mass is 223 g/mol. The van der Waals surface area contributed by atoms with Gasteiger partial charge in [-0.1, -0.05) is 12.1 Å². The zero-order chi connectivity index (χ0) is 12.0. The molecule has 0 bridgehead atoms. The predicted octanol–water partition coefficient (Wildman–Crippen LogP) is 1.99. The number of nitrogens with two attached hydrogens (primary N) is 1. The topological polar surface area (TPSA) is 44.5 Å². The molecule has 0 fully saturated rings. The molecule has 0 heterocycles. The predicted molar refractivity (Wildman–Crippen MR) is 65.8 cm³/mol. The van der Waals surface area contributed by atoms with Crippen LogP contribution in [0.1, 0.15) is 19.4 Å². The lowest BCUT2D eigenvalue weighted by atomic mass is 10.1. The number of benzene rings is 1. The van der Waals surface area contributed by atoms with Crippen molar-refractivity contribution in [1.82, 2.24) is 0 Å². The second-order valence-corrected chi connectivity index (χ2v) is 4.21. The van der Waals surface area contributed by atoms with Crippen LogP contribution in [0, 0.1) is 0 Å². The first-order valence-electron chi connectivity index (χ1n) is 5.62. The van der Waals surface area contributed by atoms with Gasteiger partial charge in [0.2, 0.25) is 0 Å². The largest absolute Gasteiger partial charge is 0.488 e. The molecule has 0 saturated heterocycles. The van der Waals surface area contributed by atoms with Gasteiger partial charge in [0.25, 0.3) is 0 Å². The number of rotatable bonds is 6. The first-order chi connectivity index (χ1) is 7.61. The minimum absolute atomic E-state index is 0.0734. The van der Waals surface area contributed by atoms with Crippen molar-refractivity contribution in [3.8, 4) is 5.75 Å². The van der Waals surface area contributed by atoms with Crippen LogP contribution in [0.25, 0.3) is 0 Å². The van der Waals surface area contributed by atoms with Gasteiger partial charge in [-0.25, -0.2) is 0 Å². The van der Waals surface area contributed by atoms with E-state index in [9.17, 15) is 0 Å². The van der Waals surface area contributed by atoms with Gasteiger partial charge in [0.05, 0.1) is 6.61 Å². The highest BCUT2D eigenvalue weighted by Gasteiger charge is 2.03. The maximum atomic E-state index is 5.73. The molecule has 2 N–H and O–H groups in total. The maximum Gasteiger partial charge on any atom is 0.119 e. The average molecular weight is 223 g/mol. The van der Waals surface area contributed by atoms with Crippen LogP contribution in [-0.2, 0) is 11.2 Å². The van der Waals surface area contributed by atoms with E-state index in [1.807, 2.05) is 26.0 Å². The fraction of sp³-hybridized carbons (Fsp3) is 0.538. The van der Waals surface area contributed by atoms with E-state index in [2.05, 4.69) is 12.1 Å². The van der Waals surface area contributed by atoms with Gasteiger partial charge in [0, 0.05) is 13.2 Å². The van der Waals surface area contributed by atoms with Crippen LogP contribution >= 0.6 is 0 Å². The zero-order valence-corrected chi connectivity index (χ0v) is 10.3. The van der Waals surface area contributed by atoms with Crippen molar-refractivity contribution in [2.45, 2.75) is 32.4 Å². The highest BCUT2D eigenvalue weighted by atomic mass is 16.5. The number of ether oxygens (including phenoxy) is 2.